The molecule has 2 aromatic carbocycles. The third-order valence-corrected chi connectivity index (χ3v) is 5.37. The zero-order valence-corrected chi connectivity index (χ0v) is 18.1. The summed E-state index contributed by atoms with van der Waals surface area (Å²) < 4.78 is 2.65. The number of benzene rings is 2. The van der Waals surface area contributed by atoms with Gasteiger partial charge in [0.15, 0.2) is 0 Å². The predicted molar refractivity (Wildman–Crippen MR) is 121 cm³/mol. The van der Waals surface area contributed by atoms with Crippen LogP contribution < -0.4 is 16.6 Å². The zero-order valence-electron chi connectivity index (χ0n) is 18.1. The highest BCUT2D eigenvalue weighted by Gasteiger charge is 2.16. The Balaban J connectivity index is 2.02. The van der Waals surface area contributed by atoms with Gasteiger partial charge in [-0.1, -0.05) is 51.1 Å². The van der Waals surface area contributed by atoms with E-state index in [1.807, 2.05) is 45.9 Å². The Hall–Kier alpha value is -3.15. The van der Waals surface area contributed by atoms with Crippen molar-refractivity contribution in [1.29, 1.82) is 0 Å². The minimum Gasteiger partial charge on any atom is -0.324 e. The molecule has 0 bridgehead atoms. The minimum atomic E-state index is -0.449. The molecule has 0 aliphatic rings. The molecule has 30 heavy (non-hydrogen) atoms. The second-order valence-corrected chi connectivity index (χ2v) is 8.04. The standard InChI is InChI=1S/C24H29N3O3/c1-5-18-10-8-9-17(4)22(18)25-21(28)15-27-20-12-7-6-11-19(20)23(29)26(24(27)30)14-13-16(2)3/h6-12,16H,5,13-15H2,1-4H3,(H,25,28). The average molecular weight is 408 g/mol. The SMILES string of the molecule is CCc1cccc(C)c1NC(=O)Cn1c(=O)n(CCC(C)C)c(=O)c2ccccc21. The number of para-hydroxylation sites is 2. The summed E-state index contributed by atoms with van der Waals surface area (Å²) in [6.45, 7) is 8.25. The number of aromatic nitrogens is 2. The summed E-state index contributed by atoms with van der Waals surface area (Å²) in [5.74, 6) is 0.0633. The fourth-order valence-corrected chi connectivity index (χ4v) is 3.63. The van der Waals surface area contributed by atoms with Gasteiger partial charge in [0.2, 0.25) is 5.91 Å². The van der Waals surface area contributed by atoms with Gasteiger partial charge in [-0.2, -0.15) is 0 Å². The molecule has 0 unspecified atom stereocenters. The molecule has 0 fully saturated rings. The summed E-state index contributed by atoms with van der Waals surface area (Å²) in [5.41, 5.74) is 2.53. The number of nitrogens with one attached hydrogen (secondary N) is 1. The summed E-state index contributed by atoms with van der Waals surface area (Å²) in [5, 5.41) is 3.41. The van der Waals surface area contributed by atoms with Gasteiger partial charge >= 0.3 is 5.69 Å². The summed E-state index contributed by atoms with van der Waals surface area (Å²) >= 11 is 0. The van der Waals surface area contributed by atoms with Gasteiger partial charge in [0, 0.05) is 12.2 Å². The highest BCUT2D eigenvalue weighted by Crippen LogP contribution is 2.21. The average Bonchev–Trinajstić information content (AvgIpc) is 2.72. The van der Waals surface area contributed by atoms with E-state index in [0.29, 0.717) is 29.8 Å². The van der Waals surface area contributed by atoms with E-state index in [1.54, 1.807) is 24.3 Å². The number of fused-ring (bicyclic) bond motifs is 1. The first-order chi connectivity index (χ1) is 14.3. The van der Waals surface area contributed by atoms with Gasteiger partial charge in [-0.05, 0) is 48.9 Å². The fourth-order valence-electron chi connectivity index (χ4n) is 3.63. The van der Waals surface area contributed by atoms with Crippen LogP contribution in [0.1, 0.15) is 38.3 Å². The molecule has 0 radical (unpaired) electrons. The lowest BCUT2D eigenvalue weighted by atomic mass is 10.1. The molecule has 1 N–H and O–H groups in total. The topological polar surface area (TPSA) is 73.1 Å². The maximum Gasteiger partial charge on any atom is 0.331 e. The number of hydrogen-bond acceptors (Lipinski definition) is 3. The largest absolute Gasteiger partial charge is 0.331 e. The van der Waals surface area contributed by atoms with Crippen LogP contribution in [0.15, 0.2) is 52.1 Å². The van der Waals surface area contributed by atoms with E-state index in [4.69, 9.17) is 0 Å². The van der Waals surface area contributed by atoms with Crippen molar-refractivity contribution in [2.45, 2.75) is 53.6 Å². The molecule has 1 aromatic heterocycles. The molecule has 0 saturated heterocycles. The third kappa shape index (κ3) is 4.37. The number of anilines is 1. The van der Waals surface area contributed by atoms with Gasteiger partial charge in [0.1, 0.15) is 6.54 Å². The van der Waals surface area contributed by atoms with Crippen LogP contribution in [0.2, 0.25) is 0 Å². The Morgan fingerprint density at radius 1 is 1.03 bits per heavy atom. The molecule has 0 aliphatic heterocycles. The second-order valence-electron chi connectivity index (χ2n) is 8.04. The van der Waals surface area contributed by atoms with Crippen LogP contribution >= 0.6 is 0 Å². The smallest absolute Gasteiger partial charge is 0.324 e. The van der Waals surface area contributed by atoms with Crippen molar-refractivity contribution in [2.75, 3.05) is 5.32 Å². The maximum atomic E-state index is 13.1. The van der Waals surface area contributed by atoms with Crippen LogP contribution in [-0.4, -0.2) is 15.0 Å². The van der Waals surface area contributed by atoms with Gasteiger partial charge in [-0.3, -0.25) is 18.7 Å². The molecule has 3 aromatic rings. The Kier molecular flexibility index (Phi) is 6.55. The third-order valence-electron chi connectivity index (χ3n) is 5.37. The van der Waals surface area contributed by atoms with E-state index in [1.165, 1.54) is 9.13 Å². The fraction of sp³-hybridized carbons (Fsp3) is 0.375. The lowest BCUT2D eigenvalue weighted by Gasteiger charge is -2.16. The lowest BCUT2D eigenvalue weighted by Crippen LogP contribution is -2.42. The first-order valence-electron chi connectivity index (χ1n) is 10.4. The van der Waals surface area contributed by atoms with Crippen molar-refractivity contribution in [3.63, 3.8) is 0 Å². The van der Waals surface area contributed by atoms with Gasteiger partial charge < -0.3 is 5.32 Å². The summed E-state index contributed by atoms with van der Waals surface area (Å²) in [6, 6.07) is 12.8. The highest BCUT2D eigenvalue weighted by atomic mass is 16.2. The van der Waals surface area contributed by atoms with Crippen molar-refractivity contribution in [2.24, 2.45) is 5.92 Å². The minimum absolute atomic E-state index is 0.154. The number of nitrogens with zero attached hydrogens (tertiary/aromatic N) is 2. The molecule has 158 valence electrons. The number of hydrogen-bond donors (Lipinski definition) is 1. The Bertz CT molecular complexity index is 1190. The van der Waals surface area contributed by atoms with Gasteiger partial charge in [-0.25, -0.2) is 4.79 Å². The molecule has 1 heterocycles. The summed E-state index contributed by atoms with van der Waals surface area (Å²) in [7, 11) is 0. The predicted octanol–water partition coefficient (Wildman–Crippen LogP) is 3.72. The molecular weight excluding hydrogens is 378 g/mol. The van der Waals surface area contributed by atoms with Gasteiger partial charge in [-0.15, -0.1) is 0 Å². The number of rotatable bonds is 7. The molecule has 6 nitrogen and oxygen atoms in total. The molecule has 0 saturated carbocycles. The van der Waals surface area contributed by atoms with Crippen molar-refractivity contribution >= 4 is 22.5 Å². The molecule has 0 spiro atoms. The van der Waals surface area contributed by atoms with Crippen molar-refractivity contribution < 1.29 is 4.79 Å². The summed E-state index contributed by atoms with van der Waals surface area (Å²) in [6.07, 6.45) is 1.50. The normalized spacial score (nSPS) is 11.2. The number of amides is 1. The number of carbonyl (C=O) groups excluding carboxylic acids is 1. The second kappa shape index (κ2) is 9.11. The Labute approximate surface area is 176 Å². The number of carbonyl (C=O) groups is 1. The van der Waals surface area contributed by atoms with Crippen molar-refractivity contribution in [3.8, 4) is 0 Å². The van der Waals surface area contributed by atoms with E-state index in [9.17, 15) is 14.4 Å². The van der Waals surface area contributed by atoms with E-state index in [2.05, 4.69) is 5.32 Å². The molecule has 0 atom stereocenters. The van der Waals surface area contributed by atoms with Crippen LogP contribution in [0.25, 0.3) is 10.9 Å². The molecule has 3 rings (SSSR count). The van der Waals surface area contributed by atoms with Crippen LogP contribution in [-0.2, 0) is 24.3 Å². The van der Waals surface area contributed by atoms with Gasteiger partial charge in [0.25, 0.3) is 5.56 Å². The van der Waals surface area contributed by atoms with E-state index in [0.717, 1.165) is 23.2 Å². The van der Waals surface area contributed by atoms with Gasteiger partial charge in [0.05, 0.1) is 10.9 Å². The van der Waals surface area contributed by atoms with Crippen LogP contribution in [0.3, 0.4) is 0 Å². The van der Waals surface area contributed by atoms with E-state index in [-0.39, 0.29) is 18.0 Å². The van der Waals surface area contributed by atoms with E-state index >= 15 is 0 Å². The van der Waals surface area contributed by atoms with E-state index < -0.39 is 5.69 Å². The molecule has 1 amide bonds. The van der Waals surface area contributed by atoms with Crippen molar-refractivity contribution in [3.05, 3.63) is 74.4 Å². The Morgan fingerprint density at radius 3 is 2.47 bits per heavy atom. The quantitative estimate of drug-likeness (QED) is 0.649. The molecular formula is C24H29N3O3. The molecule has 0 aliphatic carbocycles. The summed E-state index contributed by atoms with van der Waals surface area (Å²) in [4.78, 5) is 38.9. The highest BCUT2D eigenvalue weighted by molar-refractivity contribution is 5.93. The van der Waals surface area contributed by atoms with Crippen molar-refractivity contribution in [1.82, 2.24) is 9.13 Å². The van der Waals surface area contributed by atoms with Crippen LogP contribution in [0.4, 0.5) is 5.69 Å². The van der Waals surface area contributed by atoms with Crippen LogP contribution in [0, 0.1) is 12.8 Å². The number of aryl methyl sites for hydroxylation is 2. The monoisotopic (exact) mass is 407 g/mol. The maximum absolute atomic E-state index is 13.1. The van der Waals surface area contributed by atoms with Crippen LogP contribution in [0.5, 0.6) is 0 Å². The zero-order chi connectivity index (χ0) is 21.8. The molecule has 6 heteroatoms. The first-order valence-corrected chi connectivity index (χ1v) is 10.4. The Morgan fingerprint density at radius 2 is 1.77 bits per heavy atom. The lowest BCUT2D eigenvalue weighted by molar-refractivity contribution is -0.116. The first kappa shape index (κ1) is 21.6.